The first-order valence-corrected chi connectivity index (χ1v) is 5.31. The second-order valence-corrected chi connectivity index (χ2v) is 3.99. The molecular formula is C12H15ClO2. The summed E-state index contributed by atoms with van der Waals surface area (Å²) in [5, 5.41) is 0.649. The Balaban J connectivity index is 2.63. The number of carbonyl (C=O) groups is 1. The van der Waals surface area contributed by atoms with Gasteiger partial charge in [-0.3, -0.25) is 4.79 Å². The van der Waals surface area contributed by atoms with Gasteiger partial charge in [-0.2, -0.15) is 0 Å². The van der Waals surface area contributed by atoms with Gasteiger partial charge in [-0.05, 0) is 30.7 Å². The number of ketones is 1. The molecule has 1 aromatic carbocycles. The van der Waals surface area contributed by atoms with E-state index in [-0.39, 0.29) is 11.7 Å². The Morgan fingerprint density at radius 3 is 2.53 bits per heavy atom. The maximum absolute atomic E-state index is 11.9. The van der Waals surface area contributed by atoms with Crippen LogP contribution in [0.4, 0.5) is 0 Å². The summed E-state index contributed by atoms with van der Waals surface area (Å²) in [5.74, 6) is 0.134. The summed E-state index contributed by atoms with van der Waals surface area (Å²) < 4.78 is 4.94. The summed E-state index contributed by atoms with van der Waals surface area (Å²) in [6.45, 7) is 2.52. The number of methoxy groups -OCH3 is 1. The molecule has 0 radical (unpaired) electrons. The molecular weight excluding hydrogens is 212 g/mol. The van der Waals surface area contributed by atoms with Gasteiger partial charge in [0.1, 0.15) is 0 Å². The Labute approximate surface area is 95.2 Å². The molecule has 0 aliphatic carbocycles. The van der Waals surface area contributed by atoms with Gasteiger partial charge in [-0.25, -0.2) is 0 Å². The van der Waals surface area contributed by atoms with E-state index in [0.29, 0.717) is 17.2 Å². The summed E-state index contributed by atoms with van der Waals surface area (Å²) >= 11 is 5.75. The van der Waals surface area contributed by atoms with E-state index in [1.165, 1.54) is 0 Å². The average Bonchev–Trinajstić information content (AvgIpc) is 2.26. The maximum atomic E-state index is 11.9. The highest BCUT2D eigenvalue weighted by atomic mass is 35.5. The molecule has 0 bridgehead atoms. The van der Waals surface area contributed by atoms with E-state index in [1.807, 2.05) is 6.92 Å². The van der Waals surface area contributed by atoms with Crippen LogP contribution in [-0.4, -0.2) is 19.5 Å². The second-order valence-electron chi connectivity index (χ2n) is 3.55. The van der Waals surface area contributed by atoms with Gasteiger partial charge in [0, 0.05) is 30.2 Å². The minimum Gasteiger partial charge on any atom is -0.385 e. The van der Waals surface area contributed by atoms with Gasteiger partial charge < -0.3 is 4.74 Å². The molecule has 15 heavy (non-hydrogen) atoms. The summed E-state index contributed by atoms with van der Waals surface area (Å²) in [5.41, 5.74) is 0.711. The Kier molecular flexibility index (Phi) is 4.79. The van der Waals surface area contributed by atoms with Gasteiger partial charge in [0.2, 0.25) is 0 Å². The molecule has 0 heterocycles. The van der Waals surface area contributed by atoms with Crippen LogP contribution in [0, 0.1) is 5.92 Å². The number of Topliss-reactive ketones (excluding diaryl/α,β-unsaturated/α-hetero) is 1. The van der Waals surface area contributed by atoms with Crippen LogP contribution in [0.2, 0.25) is 5.02 Å². The van der Waals surface area contributed by atoms with Crippen LogP contribution >= 0.6 is 11.6 Å². The summed E-state index contributed by atoms with van der Waals surface area (Å²) in [7, 11) is 1.64. The standard InChI is InChI=1S/C12H15ClO2/c1-9(7-8-15-2)12(14)10-3-5-11(13)6-4-10/h3-6,9H,7-8H2,1-2H3. The summed E-state index contributed by atoms with van der Waals surface area (Å²) in [6, 6.07) is 6.98. The molecule has 0 spiro atoms. The maximum Gasteiger partial charge on any atom is 0.165 e. The Morgan fingerprint density at radius 2 is 2.00 bits per heavy atom. The van der Waals surface area contributed by atoms with E-state index in [9.17, 15) is 4.79 Å². The van der Waals surface area contributed by atoms with Crippen molar-refractivity contribution in [1.82, 2.24) is 0 Å². The van der Waals surface area contributed by atoms with Crippen molar-refractivity contribution in [3.05, 3.63) is 34.9 Å². The van der Waals surface area contributed by atoms with Crippen molar-refractivity contribution in [2.24, 2.45) is 5.92 Å². The predicted molar refractivity (Wildman–Crippen MR) is 61.4 cm³/mol. The molecule has 0 fully saturated rings. The zero-order chi connectivity index (χ0) is 11.3. The number of ether oxygens (including phenoxy) is 1. The van der Waals surface area contributed by atoms with Gasteiger partial charge in [-0.15, -0.1) is 0 Å². The van der Waals surface area contributed by atoms with Gasteiger partial charge in [-0.1, -0.05) is 18.5 Å². The third kappa shape index (κ3) is 3.65. The molecule has 1 rings (SSSR count). The lowest BCUT2D eigenvalue weighted by Gasteiger charge is -2.09. The van der Waals surface area contributed by atoms with Crippen molar-refractivity contribution in [2.45, 2.75) is 13.3 Å². The SMILES string of the molecule is COCCC(C)C(=O)c1ccc(Cl)cc1. The minimum atomic E-state index is -0.00822. The normalized spacial score (nSPS) is 12.5. The fraction of sp³-hybridized carbons (Fsp3) is 0.417. The lowest BCUT2D eigenvalue weighted by atomic mass is 9.97. The van der Waals surface area contributed by atoms with Crippen molar-refractivity contribution < 1.29 is 9.53 Å². The van der Waals surface area contributed by atoms with Gasteiger partial charge in [0.15, 0.2) is 5.78 Å². The number of halogens is 1. The van der Waals surface area contributed by atoms with Crippen LogP contribution in [0.25, 0.3) is 0 Å². The summed E-state index contributed by atoms with van der Waals surface area (Å²) in [6.07, 6.45) is 0.748. The predicted octanol–water partition coefficient (Wildman–Crippen LogP) is 3.20. The van der Waals surface area contributed by atoms with Gasteiger partial charge in [0.25, 0.3) is 0 Å². The number of rotatable bonds is 5. The third-order valence-corrected chi connectivity index (χ3v) is 2.58. The minimum absolute atomic E-state index is 0.00822. The molecule has 0 N–H and O–H groups in total. The quantitative estimate of drug-likeness (QED) is 0.721. The van der Waals surface area contributed by atoms with Gasteiger partial charge >= 0.3 is 0 Å². The van der Waals surface area contributed by atoms with Crippen LogP contribution in [0.1, 0.15) is 23.7 Å². The van der Waals surface area contributed by atoms with Crippen molar-refractivity contribution in [3.63, 3.8) is 0 Å². The van der Waals surface area contributed by atoms with Crippen LogP contribution in [0.5, 0.6) is 0 Å². The lowest BCUT2D eigenvalue weighted by Crippen LogP contribution is -2.13. The molecule has 0 saturated carbocycles. The van der Waals surface area contributed by atoms with E-state index < -0.39 is 0 Å². The Morgan fingerprint density at radius 1 is 1.40 bits per heavy atom. The number of benzene rings is 1. The monoisotopic (exact) mass is 226 g/mol. The van der Waals surface area contributed by atoms with Crippen LogP contribution in [0.3, 0.4) is 0 Å². The Hall–Kier alpha value is -0.860. The zero-order valence-electron chi connectivity index (χ0n) is 9.00. The highest BCUT2D eigenvalue weighted by molar-refractivity contribution is 6.30. The molecule has 1 aromatic rings. The van der Waals surface area contributed by atoms with E-state index in [2.05, 4.69) is 0 Å². The number of carbonyl (C=O) groups excluding carboxylic acids is 1. The van der Waals surface area contributed by atoms with E-state index >= 15 is 0 Å². The second kappa shape index (κ2) is 5.89. The number of hydrogen-bond acceptors (Lipinski definition) is 2. The highest BCUT2D eigenvalue weighted by Gasteiger charge is 2.14. The lowest BCUT2D eigenvalue weighted by molar-refractivity contribution is 0.0894. The van der Waals surface area contributed by atoms with Crippen molar-refractivity contribution >= 4 is 17.4 Å². The third-order valence-electron chi connectivity index (χ3n) is 2.33. The average molecular weight is 227 g/mol. The van der Waals surface area contributed by atoms with Crippen LogP contribution in [-0.2, 0) is 4.74 Å². The first kappa shape index (κ1) is 12.2. The molecule has 0 aliphatic rings. The van der Waals surface area contributed by atoms with Crippen molar-refractivity contribution in [1.29, 1.82) is 0 Å². The highest BCUT2D eigenvalue weighted by Crippen LogP contribution is 2.15. The van der Waals surface area contributed by atoms with Crippen LogP contribution in [0.15, 0.2) is 24.3 Å². The zero-order valence-corrected chi connectivity index (χ0v) is 9.75. The van der Waals surface area contributed by atoms with Crippen LogP contribution < -0.4 is 0 Å². The fourth-order valence-electron chi connectivity index (χ4n) is 1.32. The molecule has 1 unspecified atom stereocenters. The molecule has 0 aromatic heterocycles. The molecule has 82 valence electrons. The topological polar surface area (TPSA) is 26.3 Å². The largest absolute Gasteiger partial charge is 0.385 e. The van der Waals surface area contributed by atoms with Crippen molar-refractivity contribution in [2.75, 3.05) is 13.7 Å². The van der Waals surface area contributed by atoms with E-state index in [0.717, 1.165) is 6.42 Å². The first-order chi connectivity index (χ1) is 7.15. The van der Waals surface area contributed by atoms with Gasteiger partial charge in [0.05, 0.1) is 0 Å². The molecule has 3 heteroatoms. The summed E-state index contributed by atoms with van der Waals surface area (Å²) in [4.78, 5) is 11.9. The molecule has 0 saturated heterocycles. The molecule has 0 amide bonds. The first-order valence-electron chi connectivity index (χ1n) is 4.94. The molecule has 2 nitrogen and oxygen atoms in total. The molecule has 1 atom stereocenters. The smallest absolute Gasteiger partial charge is 0.165 e. The van der Waals surface area contributed by atoms with Crippen molar-refractivity contribution in [3.8, 4) is 0 Å². The Bertz CT molecular complexity index is 319. The van der Waals surface area contributed by atoms with E-state index in [1.54, 1.807) is 31.4 Å². The number of hydrogen-bond donors (Lipinski definition) is 0. The van der Waals surface area contributed by atoms with E-state index in [4.69, 9.17) is 16.3 Å². The fourth-order valence-corrected chi connectivity index (χ4v) is 1.45. The molecule has 0 aliphatic heterocycles.